The average molecular weight is 525 g/mol. The van der Waals surface area contributed by atoms with Gasteiger partial charge in [0.2, 0.25) is 0 Å². The van der Waals surface area contributed by atoms with Crippen LogP contribution in [-0.4, -0.2) is 70.4 Å². The molecule has 0 radical (unpaired) electrons. The van der Waals surface area contributed by atoms with E-state index in [1.807, 2.05) is 28.9 Å². The smallest absolute Gasteiger partial charge is 0.387 e. The molecule has 1 N–H and O–H groups in total. The van der Waals surface area contributed by atoms with Crippen molar-refractivity contribution < 1.29 is 23.0 Å². The molecule has 5 rings (SSSR count). The quantitative estimate of drug-likeness (QED) is 0.366. The van der Waals surface area contributed by atoms with E-state index < -0.39 is 12.5 Å². The van der Waals surface area contributed by atoms with E-state index in [1.165, 1.54) is 13.2 Å². The molecule has 1 aliphatic rings. The predicted molar refractivity (Wildman–Crippen MR) is 139 cm³/mol. The number of nitrogens with zero attached hydrogens (tertiary/aromatic N) is 5. The van der Waals surface area contributed by atoms with Gasteiger partial charge < -0.3 is 19.7 Å². The molecular weight excluding hydrogens is 494 g/mol. The van der Waals surface area contributed by atoms with Crippen LogP contribution in [0.5, 0.6) is 11.5 Å². The first-order chi connectivity index (χ1) is 18.4. The van der Waals surface area contributed by atoms with Gasteiger partial charge in [0, 0.05) is 30.1 Å². The summed E-state index contributed by atoms with van der Waals surface area (Å²) in [6.07, 6.45) is 9.60. The number of carbonyl (C=O) groups is 1. The van der Waals surface area contributed by atoms with Crippen LogP contribution in [0.2, 0.25) is 0 Å². The van der Waals surface area contributed by atoms with Crippen molar-refractivity contribution in [2.24, 2.45) is 0 Å². The van der Waals surface area contributed by atoms with E-state index in [9.17, 15) is 13.6 Å². The number of nitrogens with one attached hydrogen (secondary N) is 1. The van der Waals surface area contributed by atoms with Gasteiger partial charge in [0.25, 0.3) is 5.91 Å². The van der Waals surface area contributed by atoms with E-state index in [0.29, 0.717) is 29.5 Å². The highest BCUT2D eigenvalue weighted by molar-refractivity contribution is 6.00. The van der Waals surface area contributed by atoms with Crippen LogP contribution in [0.4, 0.5) is 8.78 Å². The lowest BCUT2D eigenvalue weighted by Crippen LogP contribution is -2.31. The highest BCUT2D eigenvalue weighted by atomic mass is 19.3. The lowest BCUT2D eigenvalue weighted by atomic mass is 10.1. The van der Waals surface area contributed by atoms with Gasteiger partial charge in [0.05, 0.1) is 31.2 Å². The molecule has 200 valence electrons. The molecule has 1 aliphatic heterocycles. The third-order valence-electron chi connectivity index (χ3n) is 6.87. The number of piperidine rings is 1. The molecule has 0 saturated carbocycles. The Bertz CT molecular complexity index is 1440. The summed E-state index contributed by atoms with van der Waals surface area (Å²) in [6, 6.07) is 7.33. The number of benzene rings is 1. The molecule has 0 aliphatic carbocycles. The number of halogens is 2. The van der Waals surface area contributed by atoms with Crippen molar-refractivity contribution in [3.8, 4) is 33.9 Å². The number of carbonyl (C=O) groups excluding carboxylic acids is 1. The molecule has 0 spiro atoms. The Hall–Kier alpha value is -3.99. The summed E-state index contributed by atoms with van der Waals surface area (Å²) in [7, 11) is 3.51. The topological polar surface area (TPSA) is 85.9 Å². The van der Waals surface area contributed by atoms with Gasteiger partial charge in [-0.15, -0.1) is 0 Å². The maximum Gasteiger partial charge on any atom is 0.387 e. The van der Waals surface area contributed by atoms with Crippen molar-refractivity contribution in [2.45, 2.75) is 32.4 Å². The molecule has 11 heteroatoms. The van der Waals surface area contributed by atoms with Gasteiger partial charge in [-0.2, -0.15) is 13.9 Å². The Labute approximate surface area is 219 Å². The van der Waals surface area contributed by atoms with Gasteiger partial charge >= 0.3 is 6.61 Å². The van der Waals surface area contributed by atoms with Crippen molar-refractivity contribution >= 4 is 11.6 Å². The summed E-state index contributed by atoms with van der Waals surface area (Å²) in [4.78, 5) is 19.5. The number of imidazole rings is 1. The summed E-state index contributed by atoms with van der Waals surface area (Å²) >= 11 is 0. The summed E-state index contributed by atoms with van der Waals surface area (Å²) in [5.74, 6) is -0.708. The van der Waals surface area contributed by atoms with E-state index in [2.05, 4.69) is 38.2 Å². The van der Waals surface area contributed by atoms with Crippen LogP contribution in [0.15, 0.2) is 49.1 Å². The molecule has 1 fully saturated rings. The summed E-state index contributed by atoms with van der Waals surface area (Å²) < 4.78 is 40.5. The average Bonchev–Trinajstić information content (AvgIpc) is 3.56. The van der Waals surface area contributed by atoms with E-state index in [-0.39, 0.29) is 17.1 Å². The van der Waals surface area contributed by atoms with Crippen LogP contribution < -0.4 is 14.8 Å². The summed E-state index contributed by atoms with van der Waals surface area (Å²) in [5.41, 5.74) is 3.70. The molecule has 38 heavy (non-hydrogen) atoms. The first-order valence-corrected chi connectivity index (χ1v) is 12.5. The normalized spacial score (nSPS) is 14.8. The number of amides is 1. The number of pyridine rings is 1. The number of ether oxygens (including phenoxy) is 2. The highest BCUT2D eigenvalue weighted by Crippen LogP contribution is 2.37. The number of rotatable bonds is 8. The number of hydrogen-bond donors (Lipinski definition) is 1. The second-order valence-corrected chi connectivity index (χ2v) is 9.32. The molecule has 1 saturated heterocycles. The fraction of sp³-hybridized carbons (Fsp3) is 0.370. The number of hydrogen-bond acceptors (Lipinski definition) is 6. The van der Waals surface area contributed by atoms with Gasteiger partial charge in [-0.05, 0) is 69.7 Å². The van der Waals surface area contributed by atoms with Crippen LogP contribution in [-0.2, 0) is 0 Å². The first-order valence-electron chi connectivity index (χ1n) is 12.5. The number of likely N-dealkylation sites (tertiary alicyclic amines) is 1. The maximum absolute atomic E-state index is 13.2. The van der Waals surface area contributed by atoms with E-state index in [4.69, 9.17) is 9.47 Å². The molecule has 9 nitrogen and oxygen atoms in total. The number of methoxy groups -OCH3 is 1. The van der Waals surface area contributed by atoms with E-state index in [0.717, 1.165) is 37.1 Å². The molecule has 4 heterocycles. The minimum Gasteiger partial charge on any atom is -0.496 e. The molecular formula is C27H30F2N6O3. The second kappa shape index (κ2) is 10.8. The Morgan fingerprint density at radius 2 is 1.89 bits per heavy atom. The van der Waals surface area contributed by atoms with Crippen LogP contribution >= 0.6 is 0 Å². The third-order valence-corrected chi connectivity index (χ3v) is 6.87. The van der Waals surface area contributed by atoms with Gasteiger partial charge in [0.15, 0.2) is 0 Å². The van der Waals surface area contributed by atoms with E-state index >= 15 is 0 Å². The lowest BCUT2D eigenvalue weighted by Gasteiger charge is -2.28. The van der Waals surface area contributed by atoms with E-state index in [1.54, 1.807) is 19.2 Å². The zero-order valence-corrected chi connectivity index (χ0v) is 21.5. The van der Waals surface area contributed by atoms with Crippen LogP contribution in [0.3, 0.4) is 0 Å². The third kappa shape index (κ3) is 5.06. The largest absolute Gasteiger partial charge is 0.496 e. The standard InChI is InChI=1S/C27H30F2N6O3/c1-4-30-26(36)25-22(37-3)11-18(12-23(25)38-27(28)29)21-15-31-24-13-17(5-10-34(21)24)19-14-32-35(16-19)20-6-8-33(2)9-7-20/h5,10-16,20,27H,4,6-9H2,1-3H3,(H,30,36). The molecule has 0 bridgehead atoms. The monoisotopic (exact) mass is 524 g/mol. The van der Waals surface area contributed by atoms with Crippen LogP contribution in [0.1, 0.15) is 36.2 Å². The number of aromatic nitrogens is 4. The SMILES string of the molecule is CCNC(=O)c1c(OC)cc(-c2cnc3cc(-c4cnn(C5CCN(C)CC5)c4)ccn23)cc1OC(F)F. The molecule has 0 unspecified atom stereocenters. The fourth-order valence-electron chi connectivity index (χ4n) is 4.88. The van der Waals surface area contributed by atoms with Crippen LogP contribution in [0.25, 0.3) is 28.0 Å². The molecule has 3 aromatic heterocycles. The predicted octanol–water partition coefficient (Wildman–Crippen LogP) is 4.49. The molecule has 1 aromatic carbocycles. The maximum atomic E-state index is 13.2. The van der Waals surface area contributed by atoms with Crippen molar-refractivity contribution in [1.82, 2.24) is 29.4 Å². The lowest BCUT2D eigenvalue weighted by molar-refractivity contribution is -0.0502. The van der Waals surface area contributed by atoms with Crippen molar-refractivity contribution in [3.63, 3.8) is 0 Å². The zero-order chi connectivity index (χ0) is 26.8. The minimum atomic E-state index is -3.11. The summed E-state index contributed by atoms with van der Waals surface area (Å²) in [5, 5.41) is 7.22. The Balaban J connectivity index is 1.48. The zero-order valence-electron chi connectivity index (χ0n) is 21.5. The fourth-order valence-corrected chi connectivity index (χ4v) is 4.88. The summed E-state index contributed by atoms with van der Waals surface area (Å²) in [6.45, 7) is 1.07. The molecule has 1 amide bonds. The van der Waals surface area contributed by atoms with Crippen molar-refractivity contribution in [3.05, 3.63) is 54.6 Å². The number of fused-ring (bicyclic) bond motifs is 1. The van der Waals surface area contributed by atoms with Gasteiger partial charge in [0.1, 0.15) is 22.7 Å². The van der Waals surface area contributed by atoms with Crippen molar-refractivity contribution in [2.75, 3.05) is 33.8 Å². The van der Waals surface area contributed by atoms with Gasteiger partial charge in [-0.1, -0.05) is 0 Å². The molecule has 4 aromatic rings. The molecule has 0 atom stereocenters. The Morgan fingerprint density at radius 1 is 1.13 bits per heavy atom. The minimum absolute atomic E-state index is 0.0869. The Morgan fingerprint density at radius 3 is 2.61 bits per heavy atom. The first kappa shape index (κ1) is 25.7. The van der Waals surface area contributed by atoms with Crippen molar-refractivity contribution in [1.29, 1.82) is 0 Å². The number of alkyl halides is 2. The second-order valence-electron chi connectivity index (χ2n) is 9.32. The Kier molecular flexibility index (Phi) is 7.28. The van der Waals surface area contributed by atoms with Crippen LogP contribution in [0, 0.1) is 0 Å². The van der Waals surface area contributed by atoms with Gasteiger partial charge in [-0.25, -0.2) is 4.98 Å². The highest BCUT2D eigenvalue weighted by Gasteiger charge is 2.24. The van der Waals surface area contributed by atoms with Gasteiger partial charge in [-0.3, -0.25) is 13.9 Å².